The molecule has 0 saturated carbocycles. The van der Waals surface area contributed by atoms with Gasteiger partial charge in [0.25, 0.3) is 0 Å². The summed E-state index contributed by atoms with van der Waals surface area (Å²) in [6.07, 6.45) is 21.4. The normalized spacial score (nSPS) is 17.7. The van der Waals surface area contributed by atoms with Crippen molar-refractivity contribution >= 4 is 27.8 Å². The lowest BCUT2D eigenvalue weighted by Crippen LogP contribution is -2.37. The van der Waals surface area contributed by atoms with E-state index in [-0.39, 0.29) is 11.8 Å². The predicted octanol–water partition coefficient (Wildman–Crippen LogP) is 32.9. The van der Waals surface area contributed by atoms with E-state index in [0.717, 1.165) is 220 Å². The molecular weight excluding hydrogens is 1800 g/mol. The summed E-state index contributed by atoms with van der Waals surface area (Å²) in [5.41, 5.74) is 38.9. The molecule has 1 N–H and O–H groups in total. The van der Waals surface area contributed by atoms with E-state index in [1.165, 1.54) is 55.6 Å². The van der Waals surface area contributed by atoms with Gasteiger partial charge in [0.15, 0.2) is 11.6 Å². The first-order chi connectivity index (χ1) is 73.3. The van der Waals surface area contributed by atoms with E-state index in [1.807, 2.05) is 30.5 Å². The largest absolute Gasteiger partial charge is 0.456 e. The number of rotatable bonds is 13. The summed E-state index contributed by atoms with van der Waals surface area (Å²) in [6.45, 7) is 0. The van der Waals surface area contributed by atoms with Crippen molar-refractivity contribution in [1.82, 2.24) is 30.2 Å². The Morgan fingerprint density at radius 2 is 0.757 bits per heavy atom. The molecule has 5 atom stereocenters. The molecule has 0 radical (unpaired) electrons. The van der Waals surface area contributed by atoms with Gasteiger partial charge in [-0.2, -0.15) is 0 Å². The Hall–Kier alpha value is -18.9. The van der Waals surface area contributed by atoms with Gasteiger partial charge in [0.1, 0.15) is 40.7 Å². The lowest BCUT2D eigenvalue weighted by molar-refractivity contribution is 0.375. The predicted molar refractivity (Wildman–Crippen MR) is 594 cm³/mol. The second-order valence-electron chi connectivity index (χ2n) is 39.8. The summed E-state index contributed by atoms with van der Waals surface area (Å²) in [5.74, 6) is 6.06. The third-order valence-corrected chi connectivity index (χ3v) is 32.2. The molecule has 5 unspecified atom stereocenters. The molecule has 0 saturated heterocycles. The van der Waals surface area contributed by atoms with Crippen LogP contribution >= 0.6 is 0 Å². The first-order valence-electron chi connectivity index (χ1n) is 51.1. The van der Waals surface area contributed by atoms with E-state index in [9.17, 15) is 0 Å². The van der Waals surface area contributed by atoms with Crippen molar-refractivity contribution in [2.45, 2.75) is 41.2 Å². The van der Waals surface area contributed by atoms with Crippen molar-refractivity contribution in [3.8, 4) is 158 Å². The van der Waals surface area contributed by atoms with Crippen LogP contribution in [0.1, 0.15) is 114 Å². The maximum atomic E-state index is 7.53. The zero-order valence-corrected chi connectivity index (χ0v) is 80.3. The third-order valence-electron chi connectivity index (χ3n) is 32.2. The number of para-hydroxylation sites is 6. The van der Waals surface area contributed by atoms with Crippen molar-refractivity contribution < 1.29 is 14.2 Å². The smallest absolute Gasteiger partial charge is 0.160 e. The van der Waals surface area contributed by atoms with Gasteiger partial charge >= 0.3 is 0 Å². The molecule has 3 aromatic heterocycles. The summed E-state index contributed by atoms with van der Waals surface area (Å²) in [7, 11) is 0. The standard InChI is InChI=1S/C138H89N7O3/c1-4-33-84(34-5-1)85-66-72-90(73-67-85)135-140-120(81-122(142-135)103-48-30-59-116-130(103)146-126-63-23-20-55-112(126)136(116)107-51-16-12-42-98(107)99-43-13-17-52-108(99)136)87-70-68-86(69-71-87)94-40-10-11-41-95(94)93-75-77-111-106(80-93)100-44-14-18-53-109(100)137(111)113-56-21-24-64-127(113)147-131-104(49-31-60-117(131)137)123-82-121(141-133(143-123)88-35-6-2-7-36-88)101-47-28-39-91-79-92(74-76-96(91)101)97-46-29-58-115-129(97)102-45-15-19-54-110(102)138(115)114-57-22-25-65-128(114)148-132-105(50-32-61-118(132)138)124-83-125(119-62-26-27-78-139-119)145-134(144-124)89-37-8-3-9-38-89/h1-2,4-8,10-83,102,110,135,142H,3,9H2. The number of ether oxygens (including phenoxy) is 3. The Morgan fingerprint density at radius 3 is 1.42 bits per heavy atom. The van der Waals surface area contributed by atoms with Crippen LogP contribution < -0.4 is 19.5 Å². The van der Waals surface area contributed by atoms with Crippen molar-refractivity contribution in [3.05, 3.63) is 581 Å². The highest BCUT2D eigenvalue weighted by atomic mass is 16.5. The molecular formula is C138H89N7O3. The molecule has 21 aromatic rings. The van der Waals surface area contributed by atoms with Crippen LogP contribution in [0, 0.1) is 5.92 Å². The van der Waals surface area contributed by atoms with E-state index in [2.05, 4.69) is 466 Å². The number of benzene rings is 18. The van der Waals surface area contributed by atoms with E-state index in [4.69, 9.17) is 44.1 Å². The molecule has 7 heterocycles. The lowest BCUT2D eigenvalue weighted by atomic mass is 9.61. The fourth-order valence-electron chi connectivity index (χ4n) is 25.9. The molecule has 10 nitrogen and oxygen atoms in total. The van der Waals surface area contributed by atoms with Crippen LogP contribution in [-0.4, -0.2) is 30.6 Å². The minimum Gasteiger partial charge on any atom is -0.456 e. The Bertz CT molecular complexity index is 9340. The lowest BCUT2D eigenvalue weighted by Gasteiger charge is -2.43. The number of aromatic nitrogens is 5. The number of fused-ring (bicyclic) bond motifs is 28. The first kappa shape index (κ1) is 84.8. The average Bonchev–Trinajstić information content (AvgIpc) is 1.50. The molecule has 10 heteroatoms. The fraction of sp³-hybridized carbons (Fsp3) is 0.0580. The minimum absolute atomic E-state index is 0.0103. The highest BCUT2D eigenvalue weighted by Gasteiger charge is 2.59. The average molecular weight is 1890 g/mol. The van der Waals surface area contributed by atoms with Crippen LogP contribution in [0.15, 0.2) is 497 Å². The zero-order valence-electron chi connectivity index (χ0n) is 80.3. The topological polar surface area (TPSA) is 117 Å². The van der Waals surface area contributed by atoms with E-state index in [0.29, 0.717) is 11.6 Å². The van der Waals surface area contributed by atoms with Crippen molar-refractivity contribution in [1.29, 1.82) is 0 Å². The number of hydrogen-bond acceptors (Lipinski definition) is 10. The molecule has 4 aliphatic heterocycles. The monoisotopic (exact) mass is 1890 g/mol. The number of aliphatic imine (C=N–C) groups is 1. The van der Waals surface area contributed by atoms with Crippen LogP contribution in [0.4, 0.5) is 0 Å². The van der Waals surface area contributed by atoms with Crippen molar-refractivity contribution in [3.63, 3.8) is 0 Å². The maximum absolute atomic E-state index is 7.53. The van der Waals surface area contributed by atoms with Crippen LogP contribution in [0.3, 0.4) is 0 Å². The fourth-order valence-corrected chi connectivity index (χ4v) is 25.9. The summed E-state index contributed by atoms with van der Waals surface area (Å²) in [6, 6.07) is 158. The summed E-state index contributed by atoms with van der Waals surface area (Å²) in [5, 5.41) is 6.14. The zero-order chi connectivity index (χ0) is 97.3. The number of allylic oxidation sites excluding steroid dienone is 9. The third kappa shape index (κ3) is 12.8. The second kappa shape index (κ2) is 33.6. The molecule has 0 bridgehead atoms. The summed E-state index contributed by atoms with van der Waals surface area (Å²) in [4.78, 5) is 32.3. The van der Waals surface area contributed by atoms with Gasteiger partial charge in [-0.05, 0) is 214 Å². The quantitative estimate of drug-likeness (QED) is 0.120. The Balaban J connectivity index is 0.508. The van der Waals surface area contributed by atoms with Gasteiger partial charge in [-0.3, -0.25) is 9.98 Å². The number of hydrogen-bond donors (Lipinski definition) is 1. The molecule has 18 aromatic carbocycles. The maximum Gasteiger partial charge on any atom is 0.160 e. The molecule has 0 amide bonds. The van der Waals surface area contributed by atoms with Crippen molar-refractivity contribution in [2.75, 3.05) is 0 Å². The van der Waals surface area contributed by atoms with Crippen LogP contribution in [-0.2, 0) is 16.2 Å². The van der Waals surface area contributed by atoms with Crippen molar-refractivity contribution in [2.24, 2.45) is 10.9 Å². The Kier molecular flexibility index (Phi) is 19.3. The molecule has 0 fully saturated rings. The van der Waals surface area contributed by atoms with Gasteiger partial charge in [0.2, 0.25) is 0 Å². The SMILES string of the molecule is C1=CC2c3c(-c4ccc5c(-c6cc(-c7cccc8c7Oc7ccccc7C87c8ccccc8-c8cc(-c9ccccc9-c9ccc(C%10=NC(c%11ccc(-c%12ccccc%12)cc%11)NC(c%11cccc%12c%11Oc%11ccccc%11C%12%11c%12ccccc%12-c%12ccccc%12%11)=C%10)cc9)ccc87)nc(-c7ccccc7)n6)cccc5c4)cccc3C3(c4ccccc4Oc4c(-c5cc(-c6ccccn6)nc(C6=CCCC=C6)n5)cccc43)C2C=C1. The minimum atomic E-state index is -0.816. The van der Waals surface area contributed by atoms with Gasteiger partial charge in [-0.1, -0.05) is 407 Å². The van der Waals surface area contributed by atoms with Gasteiger partial charge in [0, 0.05) is 90.5 Å². The molecule has 3 spiro atoms. The Morgan fingerprint density at radius 1 is 0.291 bits per heavy atom. The Labute approximate surface area is 857 Å². The molecule has 9 aliphatic rings. The first-order valence-corrected chi connectivity index (χ1v) is 51.1. The number of nitrogens with one attached hydrogen (secondary N) is 1. The van der Waals surface area contributed by atoms with Crippen LogP contribution in [0.25, 0.3) is 145 Å². The number of pyridine rings is 1. The van der Waals surface area contributed by atoms with Gasteiger partial charge in [-0.15, -0.1) is 0 Å². The van der Waals surface area contributed by atoms with Gasteiger partial charge < -0.3 is 19.5 Å². The number of nitrogens with zero attached hydrogens (tertiary/aromatic N) is 6. The molecule has 694 valence electrons. The van der Waals surface area contributed by atoms with Crippen LogP contribution in [0.5, 0.6) is 34.5 Å². The van der Waals surface area contributed by atoms with E-state index < -0.39 is 22.4 Å². The summed E-state index contributed by atoms with van der Waals surface area (Å²) >= 11 is 0. The van der Waals surface area contributed by atoms with E-state index in [1.54, 1.807) is 0 Å². The van der Waals surface area contributed by atoms with Crippen LogP contribution in [0.2, 0.25) is 0 Å². The van der Waals surface area contributed by atoms with E-state index >= 15 is 0 Å². The highest BCUT2D eigenvalue weighted by molar-refractivity contribution is 6.14. The molecule has 5 aliphatic carbocycles. The highest BCUT2D eigenvalue weighted by Crippen LogP contribution is 2.70. The summed E-state index contributed by atoms with van der Waals surface area (Å²) < 4.78 is 22.2. The molecule has 148 heavy (non-hydrogen) atoms. The van der Waals surface area contributed by atoms with Gasteiger partial charge in [-0.25, -0.2) is 19.9 Å². The van der Waals surface area contributed by atoms with Gasteiger partial charge in [0.05, 0.1) is 50.4 Å². The molecule has 30 rings (SSSR count). The second-order valence-corrected chi connectivity index (χ2v) is 39.8.